The number of nitrogens with one attached hydrogen (secondary N) is 2. The molecule has 1 heterocycles. The van der Waals surface area contributed by atoms with E-state index in [2.05, 4.69) is 21.9 Å². The predicted molar refractivity (Wildman–Crippen MR) is 177 cm³/mol. The van der Waals surface area contributed by atoms with Crippen LogP contribution in [0.2, 0.25) is 0 Å². The van der Waals surface area contributed by atoms with Gasteiger partial charge < -0.3 is 9.88 Å². The Hall–Kier alpha value is -3.94. The molecule has 0 aliphatic carbocycles. The van der Waals surface area contributed by atoms with E-state index in [1.165, 1.54) is 17.8 Å². The Balaban J connectivity index is 1.59. The van der Waals surface area contributed by atoms with Crippen molar-refractivity contribution in [2.45, 2.75) is 49.2 Å². The number of sulfone groups is 1. The van der Waals surface area contributed by atoms with Crippen LogP contribution in [0.5, 0.6) is 0 Å². The van der Waals surface area contributed by atoms with Crippen LogP contribution in [0.15, 0.2) is 88.8 Å². The Morgan fingerprint density at radius 1 is 0.889 bits per heavy atom. The smallest absolute Gasteiger partial charge is 0.328 e. The predicted octanol–water partition coefficient (Wildman–Crippen LogP) is 5.08. The third-order valence-corrected chi connectivity index (χ3v) is 9.77. The molecule has 2 amide bonds. The molecule has 0 atom stereocenters. The second kappa shape index (κ2) is 14.9. The van der Waals surface area contributed by atoms with E-state index in [0.717, 1.165) is 30.2 Å². The first kappa shape index (κ1) is 33.9. The topological polar surface area (TPSA) is 144 Å². The molecule has 0 spiro atoms. The van der Waals surface area contributed by atoms with Crippen LogP contribution in [-0.2, 0) is 39.4 Å². The lowest BCUT2D eigenvalue weighted by Gasteiger charge is -2.14. The number of carbonyl (C=O) groups excluding carboxylic acids is 2. The maximum absolute atomic E-state index is 13.3. The standard InChI is InChI=1S/C32H36N4O6S3/c1-4-5-15-29-34-31(43-2)30(27(37)22-44(3,39)40)36(29)21-24-16-18-25(19-17-24)26-13-9-10-14-28(26)45(41,42)35-32(38)33-20-23-11-7-6-8-12-23/h6-14,16-19H,4-5,15,20-22H2,1-3H3,(H2,33,35,38). The minimum atomic E-state index is -4.21. The maximum atomic E-state index is 13.3. The van der Waals surface area contributed by atoms with Gasteiger partial charge in [-0.3, -0.25) is 4.79 Å². The van der Waals surface area contributed by atoms with Crippen molar-refractivity contribution >= 4 is 43.4 Å². The molecule has 0 aliphatic rings. The summed E-state index contributed by atoms with van der Waals surface area (Å²) in [5.74, 6) is -0.412. The average Bonchev–Trinajstić information content (AvgIpc) is 3.36. The number of carbonyl (C=O) groups is 2. The number of amides is 2. The van der Waals surface area contributed by atoms with E-state index in [0.29, 0.717) is 28.4 Å². The molecule has 10 nitrogen and oxygen atoms in total. The number of aromatic nitrogens is 2. The Labute approximate surface area is 268 Å². The van der Waals surface area contributed by atoms with Crippen molar-refractivity contribution in [3.8, 4) is 11.1 Å². The van der Waals surface area contributed by atoms with Gasteiger partial charge in [0.15, 0.2) is 15.6 Å². The quantitative estimate of drug-likeness (QED) is 0.140. The first-order valence-corrected chi connectivity index (χ1v) is 19.1. The fourth-order valence-electron chi connectivity index (χ4n) is 4.79. The van der Waals surface area contributed by atoms with E-state index in [9.17, 15) is 26.4 Å². The summed E-state index contributed by atoms with van der Waals surface area (Å²) in [6.07, 6.45) is 5.24. The maximum Gasteiger partial charge on any atom is 0.328 e. The van der Waals surface area contributed by atoms with Crippen LogP contribution < -0.4 is 10.0 Å². The summed E-state index contributed by atoms with van der Waals surface area (Å²) in [7, 11) is -7.76. The largest absolute Gasteiger partial charge is 0.333 e. The molecule has 45 heavy (non-hydrogen) atoms. The van der Waals surface area contributed by atoms with Crippen LogP contribution >= 0.6 is 11.8 Å². The third-order valence-electron chi connectivity index (χ3n) is 6.92. The van der Waals surface area contributed by atoms with E-state index in [1.807, 2.05) is 42.5 Å². The first-order valence-electron chi connectivity index (χ1n) is 14.3. The lowest BCUT2D eigenvalue weighted by atomic mass is 10.0. The second-order valence-corrected chi connectivity index (χ2v) is 15.1. The molecule has 13 heteroatoms. The molecule has 2 N–H and O–H groups in total. The molecule has 0 radical (unpaired) electrons. The highest BCUT2D eigenvalue weighted by molar-refractivity contribution is 7.98. The summed E-state index contributed by atoms with van der Waals surface area (Å²) in [6.45, 7) is 2.51. The van der Waals surface area contributed by atoms with Gasteiger partial charge in [-0.25, -0.2) is 31.3 Å². The number of thioether (sulfide) groups is 1. The number of ketones is 1. The van der Waals surface area contributed by atoms with Gasteiger partial charge in [-0.05, 0) is 35.4 Å². The van der Waals surface area contributed by atoms with Gasteiger partial charge in [-0.1, -0.05) is 86.1 Å². The number of Topliss-reactive ketones (excluding diaryl/α,β-unsaturated/α-hetero) is 1. The van der Waals surface area contributed by atoms with Crippen molar-refractivity contribution in [1.29, 1.82) is 0 Å². The Morgan fingerprint density at radius 2 is 1.56 bits per heavy atom. The summed E-state index contributed by atoms with van der Waals surface area (Å²) in [4.78, 5) is 30.2. The van der Waals surface area contributed by atoms with Crippen molar-refractivity contribution in [2.24, 2.45) is 0 Å². The summed E-state index contributed by atoms with van der Waals surface area (Å²) in [6, 6.07) is 21.9. The molecule has 0 aliphatic heterocycles. The first-order chi connectivity index (χ1) is 21.4. The van der Waals surface area contributed by atoms with E-state index in [4.69, 9.17) is 0 Å². The summed E-state index contributed by atoms with van der Waals surface area (Å²) >= 11 is 1.30. The SMILES string of the molecule is CCCCc1nc(SC)c(C(=O)CS(C)(=O)=O)n1Cc1ccc(-c2ccccc2S(=O)(=O)NC(=O)NCc2ccccc2)cc1. The molecule has 4 rings (SSSR count). The Bertz CT molecular complexity index is 1870. The van der Waals surface area contributed by atoms with Crippen LogP contribution in [0.3, 0.4) is 0 Å². The molecule has 238 valence electrons. The van der Waals surface area contributed by atoms with Crippen molar-refractivity contribution in [2.75, 3.05) is 18.3 Å². The lowest BCUT2D eigenvalue weighted by molar-refractivity contribution is 0.100. The second-order valence-electron chi connectivity index (χ2n) is 10.5. The number of benzene rings is 3. The molecular formula is C32H36N4O6S3. The molecule has 0 fully saturated rings. The van der Waals surface area contributed by atoms with Gasteiger partial charge >= 0.3 is 6.03 Å². The number of sulfonamides is 1. The molecule has 0 saturated heterocycles. The Kier molecular flexibility index (Phi) is 11.2. The van der Waals surface area contributed by atoms with Crippen LogP contribution in [0.4, 0.5) is 4.79 Å². The molecule has 4 aromatic rings. The fourth-order valence-corrected chi connectivity index (χ4v) is 7.18. The highest BCUT2D eigenvalue weighted by Crippen LogP contribution is 2.29. The zero-order valence-electron chi connectivity index (χ0n) is 25.3. The van der Waals surface area contributed by atoms with Gasteiger partial charge in [0.25, 0.3) is 10.0 Å². The van der Waals surface area contributed by atoms with E-state index >= 15 is 0 Å². The Morgan fingerprint density at radius 3 is 2.20 bits per heavy atom. The number of hydrogen-bond acceptors (Lipinski definition) is 8. The molecular weight excluding hydrogens is 633 g/mol. The van der Waals surface area contributed by atoms with Gasteiger partial charge in [0.1, 0.15) is 22.3 Å². The van der Waals surface area contributed by atoms with Crippen molar-refractivity contribution < 1.29 is 26.4 Å². The van der Waals surface area contributed by atoms with Crippen LogP contribution in [0.25, 0.3) is 11.1 Å². The van der Waals surface area contributed by atoms with E-state index in [-0.39, 0.29) is 23.7 Å². The normalized spacial score (nSPS) is 11.7. The number of nitrogens with zero attached hydrogens (tertiary/aromatic N) is 2. The number of hydrogen-bond donors (Lipinski definition) is 2. The molecule has 1 aromatic heterocycles. The third kappa shape index (κ3) is 9.05. The molecule has 0 unspecified atom stereocenters. The number of unbranched alkanes of at least 4 members (excludes halogenated alkanes) is 1. The van der Waals surface area contributed by atoms with Gasteiger partial charge in [-0.2, -0.15) is 0 Å². The van der Waals surface area contributed by atoms with Crippen LogP contribution in [-0.4, -0.2) is 56.5 Å². The summed E-state index contributed by atoms with van der Waals surface area (Å²) in [5.41, 5.74) is 2.94. The molecule has 0 saturated carbocycles. The number of urea groups is 1. The van der Waals surface area contributed by atoms with Crippen LogP contribution in [0.1, 0.15) is 47.2 Å². The minimum Gasteiger partial charge on any atom is -0.333 e. The van der Waals surface area contributed by atoms with Crippen LogP contribution in [0, 0.1) is 0 Å². The lowest BCUT2D eigenvalue weighted by Crippen LogP contribution is -2.39. The zero-order chi connectivity index (χ0) is 32.6. The molecule has 3 aromatic carbocycles. The van der Waals surface area contributed by atoms with Crippen molar-refractivity contribution in [3.05, 3.63) is 102 Å². The van der Waals surface area contributed by atoms with Gasteiger partial charge in [-0.15, -0.1) is 11.8 Å². The monoisotopic (exact) mass is 668 g/mol. The average molecular weight is 669 g/mol. The minimum absolute atomic E-state index is 0.0534. The number of aryl methyl sites for hydroxylation is 1. The zero-order valence-corrected chi connectivity index (χ0v) is 27.8. The fraction of sp³-hybridized carbons (Fsp3) is 0.281. The number of rotatable bonds is 14. The summed E-state index contributed by atoms with van der Waals surface area (Å²) < 4.78 is 54.3. The molecule has 0 bridgehead atoms. The number of imidazole rings is 1. The van der Waals surface area contributed by atoms with Gasteiger partial charge in [0.2, 0.25) is 0 Å². The van der Waals surface area contributed by atoms with E-state index < -0.39 is 37.4 Å². The summed E-state index contributed by atoms with van der Waals surface area (Å²) in [5, 5.41) is 3.06. The van der Waals surface area contributed by atoms with E-state index in [1.54, 1.807) is 41.2 Å². The highest BCUT2D eigenvalue weighted by Gasteiger charge is 2.26. The van der Waals surface area contributed by atoms with Gasteiger partial charge in [0.05, 0.1) is 4.90 Å². The van der Waals surface area contributed by atoms with Crippen molar-refractivity contribution in [1.82, 2.24) is 19.6 Å². The van der Waals surface area contributed by atoms with Crippen molar-refractivity contribution in [3.63, 3.8) is 0 Å². The van der Waals surface area contributed by atoms with Gasteiger partial charge in [0, 0.05) is 31.3 Å². The highest BCUT2D eigenvalue weighted by atomic mass is 32.2.